The SMILES string of the molecule is C=C(C)C(=O)OCCCNc1nc(NCCCOC(=O)C(=C)C)c(C#N)cc1N. The molecule has 0 fully saturated rings. The van der Waals surface area contributed by atoms with Crippen molar-refractivity contribution in [2.24, 2.45) is 0 Å². The summed E-state index contributed by atoms with van der Waals surface area (Å²) < 4.78 is 10.0. The number of hydrogen-bond donors (Lipinski definition) is 3. The number of nitrogens with one attached hydrogen (secondary N) is 2. The topological polar surface area (TPSA) is 139 Å². The van der Waals surface area contributed by atoms with E-state index < -0.39 is 11.9 Å². The highest BCUT2D eigenvalue weighted by molar-refractivity contribution is 5.87. The monoisotopic (exact) mass is 401 g/mol. The van der Waals surface area contributed by atoms with Crippen LogP contribution in [0.25, 0.3) is 0 Å². The number of nitrogens with zero attached hydrogens (tertiary/aromatic N) is 2. The number of nitrogens with two attached hydrogens (primary N) is 1. The quantitative estimate of drug-likeness (QED) is 0.273. The average molecular weight is 401 g/mol. The summed E-state index contributed by atoms with van der Waals surface area (Å²) >= 11 is 0. The molecule has 0 saturated heterocycles. The van der Waals surface area contributed by atoms with Crippen molar-refractivity contribution in [3.8, 4) is 6.07 Å². The number of aromatic nitrogens is 1. The molecule has 1 aromatic rings. The number of nitriles is 1. The summed E-state index contributed by atoms with van der Waals surface area (Å²) in [5, 5.41) is 15.4. The summed E-state index contributed by atoms with van der Waals surface area (Å²) in [6, 6.07) is 3.57. The molecule has 1 aromatic heterocycles. The number of hydrogen-bond acceptors (Lipinski definition) is 9. The van der Waals surface area contributed by atoms with Gasteiger partial charge in [-0.15, -0.1) is 0 Å². The first-order valence-corrected chi connectivity index (χ1v) is 9.09. The Bertz CT molecular complexity index is 814. The molecule has 0 aliphatic carbocycles. The third-order valence-electron chi connectivity index (χ3n) is 3.56. The first kappa shape index (κ1) is 23.5. The van der Waals surface area contributed by atoms with Crippen LogP contribution < -0.4 is 16.4 Å². The standard InChI is InChI=1S/C20H27N5O4/c1-13(2)19(26)28-9-5-7-23-17-15(12-21)11-16(22)18(25-17)24-8-6-10-29-20(27)14(3)4/h11H,1,3,5-10,22H2,2,4H3,(H2,23,24,25). The van der Waals surface area contributed by atoms with Crippen molar-refractivity contribution in [1.82, 2.24) is 4.98 Å². The van der Waals surface area contributed by atoms with E-state index in [9.17, 15) is 14.9 Å². The van der Waals surface area contributed by atoms with E-state index in [4.69, 9.17) is 15.2 Å². The van der Waals surface area contributed by atoms with E-state index in [-0.39, 0.29) is 13.2 Å². The lowest BCUT2D eigenvalue weighted by Gasteiger charge is -2.13. The zero-order valence-corrected chi connectivity index (χ0v) is 16.8. The Kier molecular flexibility index (Phi) is 9.74. The fourth-order valence-corrected chi connectivity index (χ4v) is 2.02. The van der Waals surface area contributed by atoms with Crippen molar-refractivity contribution >= 4 is 29.3 Å². The van der Waals surface area contributed by atoms with E-state index >= 15 is 0 Å². The number of ether oxygens (including phenoxy) is 2. The van der Waals surface area contributed by atoms with Gasteiger partial charge in [0.2, 0.25) is 0 Å². The van der Waals surface area contributed by atoms with E-state index in [1.165, 1.54) is 6.07 Å². The lowest BCUT2D eigenvalue weighted by molar-refractivity contribution is -0.139. The van der Waals surface area contributed by atoms with Crippen LogP contribution in [0.4, 0.5) is 17.3 Å². The minimum Gasteiger partial charge on any atom is -0.462 e. The van der Waals surface area contributed by atoms with Crippen LogP contribution in [0.5, 0.6) is 0 Å². The van der Waals surface area contributed by atoms with Crippen LogP contribution in [-0.4, -0.2) is 43.2 Å². The predicted octanol–water partition coefficient (Wildman–Crippen LogP) is 2.38. The number of anilines is 3. The molecule has 4 N–H and O–H groups in total. The molecule has 156 valence electrons. The Morgan fingerprint density at radius 3 is 2.00 bits per heavy atom. The number of rotatable bonds is 12. The summed E-state index contributed by atoms with van der Waals surface area (Å²) in [5.41, 5.74) is 7.27. The minimum atomic E-state index is -0.436. The van der Waals surface area contributed by atoms with Crippen LogP contribution >= 0.6 is 0 Å². The summed E-state index contributed by atoms with van der Waals surface area (Å²) in [6.07, 6.45) is 1.09. The highest BCUT2D eigenvalue weighted by Gasteiger charge is 2.10. The van der Waals surface area contributed by atoms with Crippen LogP contribution in [0, 0.1) is 11.3 Å². The Balaban J connectivity index is 2.53. The normalized spacial score (nSPS) is 9.83. The Morgan fingerprint density at radius 2 is 1.55 bits per heavy atom. The van der Waals surface area contributed by atoms with E-state index in [2.05, 4.69) is 28.8 Å². The van der Waals surface area contributed by atoms with Crippen LogP contribution in [0.2, 0.25) is 0 Å². The maximum atomic E-state index is 11.3. The van der Waals surface area contributed by atoms with E-state index in [1.807, 2.05) is 6.07 Å². The number of carbonyl (C=O) groups excluding carboxylic acids is 2. The van der Waals surface area contributed by atoms with Gasteiger partial charge in [0.25, 0.3) is 0 Å². The van der Waals surface area contributed by atoms with Crippen molar-refractivity contribution in [1.29, 1.82) is 5.26 Å². The van der Waals surface area contributed by atoms with Crippen molar-refractivity contribution < 1.29 is 19.1 Å². The second-order valence-electron chi connectivity index (χ2n) is 6.33. The molecule has 0 aromatic carbocycles. The highest BCUT2D eigenvalue weighted by atomic mass is 16.5. The van der Waals surface area contributed by atoms with Crippen molar-refractivity contribution in [3.05, 3.63) is 35.9 Å². The fourth-order valence-electron chi connectivity index (χ4n) is 2.02. The van der Waals surface area contributed by atoms with Gasteiger partial charge in [-0.1, -0.05) is 13.2 Å². The smallest absolute Gasteiger partial charge is 0.333 e. The lowest BCUT2D eigenvalue weighted by atomic mass is 10.2. The molecule has 0 radical (unpaired) electrons. The Morgan fingerprint density at radius 1 is 1.07 bits per heavy atom. The Labute approximate surface area is 170 Å². The predicted molar refractivity (Wildman–Crippen MR) is 111 cm³/mol. The van der Waals surface area contributed by atoms with Crippen LogP contribution in [0.1, 0.15) is 32.3 Å². The summed E-state index contributed by atoms with van der Waals surface area (Å²) in [6.45, 7) is 11.6. The van der Waals surface area contributed by atoms with E-state index in [0.717, 1.165) is 0 Å². The second kappa shape index (κ2) is 12.0. The molecule has 1 heterocycles. The number of esters is 2. The molecule has 0 bridgehead atoms. The van der Waals surface area contributed by atoms with Crippen molar-refractivity contribution in [2.75, 3.05) is 42.7 Å². The maximum absolute atomic E-state index is 11.3. The zero-order valence-electron chi connectivity index (χ0n) is 16.8. The summed E-state index contributed by atoms with van der Waals surface area (Å²) in [5.74, 6) is -0.0641. The molecule has 0 saturated carbocycles. The van der Waals surface area contributed by atoms with Gasteiger partial charge in [0.1, 0.15) is 11.9 Å². The second-order valence-corrected chi connectivity index (χ2v) is 6.33. The van der Waals surface area contributed by atoms with Crippen molar-refractivity contribution in [2.45, 2.75) is 26.7 Å². The number of pyridine rings is 1. The molecule has 29 heavy (non-hydrogen) atoms. The summed E-state index contributed by atoms with van der Waals surface area (Å²) in [7, 11) is 0. The van der Waals surface area contributed by atoms with Gasteiger partial charge in [0.15, 0.2) is 5.82 Å². The fraction of sp³-hybridized carbons (Fsp3) is 0.400. The van der Waals surface area contributed by atoms with Crippen LogP contribution in [0.3, 0.4) is 0 Å². The third-order valence-corrected chi connectivity index (χ3v) is 3.56. The van der Waals surface area contributed by atoms with Gasteiger partial charge in [-0.25, -0.2) is 14.6 Å². The number of carbonyl (C=O) groups is 2. The van der Waals surface area contributed by atoms with Gasteiger partial charge >= 0.3 is 11.9 Å². The van der Waals surface area contributed by atoms with Gasteiger partial charge in [-0.05, 0) is 32.8 Å². The van der Waals surface area contributed by atoms with Gasteiger partial charge in [0, 0.05) is 24.2 Å². The van der Waals surface area contributed by atoms with E-state index in [1.54, 1.807) is 13.8 Å². The highest BCUT2D eigenvalue weighted by Crippen LogP contribution is 2.23. The minimum absolute atomic E-state index is 0.226. The molecule has 0 unspecified atom stereocenters. The molecular weight excluding hydrogens is 374 g/mol. The Hall–Kier alpha value is -3.54. The third kappa shape index (κ3) is 8.34. The van der Waals surface area contributed by atoms with Crippen LogP contribution in [0.15, 0.2) is 30.4 Å². The lowest BCUT2D eigenvalue weighted by Crippen LogP contribution is -2.14. The molecule has 0 aliphatic rings. The molecule has 0 atom stereocenters. The van der Waals surface area contributed by atoms with Crippen molar-refractivity contribution in [3.63, 3.8) is 0 Å². The molecular formula is C20H27N5O4. The van der Waals surface area contributed by atoms with Gasteiger partial charge < -0.3 is 25.8 Å². The molecule has 0 amide bonds. The molecule has 0 spiro atoms. The molecule has 9 heteroatoms. The van der Waals surface area contributed by atoms with Gasteiger partial charge in [-0.3, -0.25) is 0 Å². The van der Waals surface area contributed by atoms with E-state index in [0.29, 0.717) is 60.0 Å². The molecule has 0 aliphatic heterocycles. The first-order valence-electron chi connectivity index (χ1n) is 9.09. The van der Waals surface area contributed by atoms with Gasteiger partial charge in [0.05, 0.1) is 24.5 Å². The van der Waals surface area contributed by atoms with Gasteiger partial charge in [-0.2, -0.15) is 5.26 Å². The molecule has 9 nitrogen and oxygen atoms in total. The number of nitrogen functional groups attached to an aromatic ring is 1. The zero-order chi connectivity index (χ0) is 21.8. The summed E-state index contributed by atoms with van der Waals surface area (Å²) in [4.78, 5) is 27.0. The first-order chi connectivity index (χ1) is 13.8. The average Bonchev–Trinajstić information content (AvgIpc) is 2.68. The maximum Gasteiger partial charge on any atom is 0.333 e. The molecule has 1 rings (SSSR count). The van der Waals surface area contributed by atoms with Crippen LogP contribution in [-0.2, 0) is 19.1 Å². The largest absolute Gasteiger partial charge is 0.462 e.